The highest BCUT2D eigenvalue weighted by molar-refractivity contribution is 5.82. The van der Waals surface area contributed by atoms with E-state index in [1.165, 1.54) is 12.1 Å². The molecule has 4 rings (SSSR count). The van der Waals surface area contributed by atoms with Gasteiger partial charge >= 0.3 is 0 Å². The van der Waals surface area contributed by atoms with Gasteiger partial charge < -0.3 is 10.1 Å². The summed E-state index contributed by atoms with van der Waals surface area (Å²) in [6.45, 7) is 9.68. The molecule has 0 saturated heterocycles. The second-order valence-corrected chi connectivity index (χ2v) is 9.72. The van der Waals surface area contributed by atoms with E-state index in [0.717, 1.165) is 27.7 Å². The van der Waals surface area contributed by atoms with E-state index in [0.29, 0.717) is 5.75 Å². The highest BCUT2D eigenvalue weighted by Crippen LogP contribution is 2.30. The van der Waals surface area contributed by atoms with Crippen LogP contribution in [0.1, 0.15) is 44.9 Å². The number of nitrogens with one attached hydrogen (secondary N) is 1. The summed E-state index contributed by atoms with van der Waals surface area (Å²) in [7, 11) is 0. The third-order valence-corrected chi connectivity index (χ3v) is 5.74. The second-order valence-electron chi connectivity index (χ2n) is 9.72. The number of hydrogen-bond donors (Lipinski definition) is 1. The van der Waals surface area contributed by atoms with Gasteiger partial charge in [0.25, 0.3) is 0 Å². The van der Waals surface area contributed by atoms with E-state index in [2.05, 4.69) is 16.5 Å². The molecule has 0 aliphatic carbocycles. The fourth-order valence-corrected chi connectivity index (χ4v) is 3.82. The van der Waals surface area contributed by atoms with Crippen LogP contribution in [-0.2, 0) is 4.79 Å². The van der Waals surface area contributed by atoms with E-state index in [9.17, 15) is 9.18 Å². The average Bonchev–Trinajstić information content (AvgIpc) is 3.20. The van der Waals surface area contributed by atoms with Crippen molar-refractivity contribution in [1.29, 1.82) is 0 Å². The van der Waals surface area contributed by atoms with E-state index in [4.69, 9.17) is 4.74 Å². The predicted molar refractivity (Wildman–Crippen MR) is 133 cm³/mol. The van der Waals surface area contributed by atoms with Crippen molar-refractivity contribution in [2.45, 2.75) is 46.8 Å². The molecule has 1 amide bonds. The Morgan fingerprint density at radius 2 is 1.79 bits per heavy atom. The molecule has 5 nitrogen and oxygen atoms in total. The Kier molecular flexibility index (Phi) is 6.42. The number of hydrogen-bond acceptors (Lipinski definition) is 3. The van der Waals surface area contributed by atoms with Gasteiger partial charge in [0.15, 0.2) is 0 Å². The Morgan fingerprint density at radius 3 is 2.47 bits per heavy atom. The summed E-state index contributed by atoms with van der Waals surface area (Å²) in [4.78, 5) is 12.7. The van der Waals surface area contributed by atoms with Crippen LogP contribution in [0.4, 0.5) is 4.39 Å². The maximum atomic E-state index is 13.3. The summed E-state index contributed by atoms with van der Waals surface area (Å²) in [6.07, 6.45) is 1.38. The monoisotopic (exact) mass is 459 g/mol. The summed E-state index contributed by atoms with van der Waals surface area (Å²) in [5.74, 6) is 0.359. The third kappa shape index (κ3) is 5.11. The number of rotatable bonds is 6. The number of nitrogens with zero attached hydrogens (tertiary/aromatic N) is 2. The lowest BCUT2D eigenvalue weighted by Crippen LogP contribution is -2.44. The maximum absolute atomic E-state index is 13.3. The van der Waals surface area contributed by atoms with Gasteiger partial charge in [0.1, 0.15) is 17.7 Å². The first-order valence-electron chi connectivity index (χ1n) is 11.4. The molecule has 0 unspecified atom stereocenters. The van der Waals surface area contributed by atoms with Crippen LogP contribution in [0.2, 0.25) is 0 Å². The Balaban J connectivity index is 1.64. The van der Waals surface area contributed by atoms with Crippen LogP contribution in [0.3, 0.4) is 0 Å². The van der Waals surface area contributed by atoms with E-state index in [-0.39, 0.29) is 23.9 Å². The zero-order valence-corrected chi connectivity index (χ0v) is 20.2. The smallest absolute Gasteiger partial charge is 0.225 e. The molecule has 2 atom stereocenters. The van der Waals surface area contributed by atoms with Gasteiger partial charge in [-0.3, -0.25) is 4.79 Å². The molecule has 0 saturated carbocycles. The molecule has 4 aromatic rings. The summed E-state index contributed by atoms with van der Waals surface area (Å²) < 4.78 is 21.6. The molecule has 3 aromatic carbocycles. The number of aromatic nitrogens is 2. The fraction of sp³-hybridized carbons (Fsp3) is 0.286. The highest BCUT2D eigenvalue weighted by Gasteiger charge is 2.28. The number of ether oxygens (including phenoxy) is 1. The lowest BCUT2D eigenvalue weighted by atomic mass is 9.94. The maximum Gasteiger partial charge on any atom is 0.225 e. The number of aryl methyl sites for hydroxylation is 1. The van der Waals surface area contributed by atoms with Crippen molar-refractivity contribution >= 4 is 16.8 Å². The molecule has 6 heteroatoms. The molecule has 0 aliphatic rings. The molecule has 0 spiro atoms. The molecular formula is C28H30FN3O2. The van der Waals surface area contributed by atoms with Gasteiger partial charge in [0.2, 0.25) is 5.91 Å². The minimum Gasteiger partial charge on any atom is -0.484 e. The minimum atomic E-state index is -0.501. The molecular weight excluding hydrogens is 429 g/mol. The van der Waals surface area contributed by atoms with Crippen LogP contribution < -0.4 is 10.1 Å². The summed E-state index contributed by atoms with van der Waals surface area (Å²) >= 11 is 0. The summed E-state index contributed by atoms with van der Waals surface area (Å²) in [5.41, 5.74) is 3.28. The van der Waals surface area contributed by atoms with Crippen molar-refractivity contribution in [3.05, 3.63) is 89.9 Å². The van der Waals surface area contributed by atoms with Gasteiger partial charge in [0.05, 0.1) is 23.4 Å². The molecule has 34 heavy (non-hydrogen) atoms. The van der Waals surface area contributed by atoms with Gasteiger partial charge in [-0.2, -0.15) is 5.10 Å². The lowest BCUT2D eigenvalue weighted by molar-refractivity contribution is -0.129. The van der Waals surface area contributed by atoms with Gasteiger partial charge in [0, 0.05) is 10.8 Å². The van der Waals surface area contributed by atoms with Crippen molar-refractivity contribution in [2.75, 3.05) is 0 Å². The van der Waals surface area contributed by atoms with Crippen LogP contribution in [0.15, 0.2) is 72.9 Å². The van der Waals surface area contributed by atoms with Gasteiger partial charge in [-0.1, -0.05) is 50.6 Å². The zero-order chi connectivity index (χ0) is 24.5. The largest absolute Gasteiger partial charge is 0.484 e. The molecule has 0 radical (unpaired) electrons. The Bertz CT molecular complexity index is 1310. The topological polar surface area (TPSA) is 56.1 Å². The first-order valence-corrected chi connectivity index (χ1v) is 11.4. The lowest BCUT2D eigenvalue weighted by Gasteiger charge is -2.29. The first-order chi connectivity index (χ1) is 16.1. The van der Waals surface area contributed by atoms with E-state index < -0.39 is 5.41 Å². The molecule has 1 heterocycles. The predicted octanol–water partition coefficient (Wildman–Crippen LogP) is 6.14. The van der Waals surface area contributed by atoms with Crippen LogP contribution in [0, 0.1) is 18.2 Å². The van der Waals surface area contributed by atoms with E-state index in [1.54, 1.807) is 23.0 Å². The van der Waals surface area contributed by atoms with Crippen LogP contribution in [-0.4, -0.2) is 21.7 Å². The van der Waals surface area contributed by atoms with Gasteiger partial charge in [-0.25, -0.2) is 9.07 Å². The Morgan fingerprint density at radius 1 is 1.06 bits per heavy atom. The van der Waals surface area contributed by atoms with Crippen molar-refractivity contribution in [3.8, 4) is 11.4 Å². The van der Waals surface area contributed by atoms with Crippen molar-refractivity contribution < 1.29 is 13.9 Å². The number of carbonyl (C=O) groups excluding carboxylic acids is 1. The normalized spacial score (nSPS) is 13.5. The average molecular weight is 460 g/mol. The van der Waals surface area contributed by atoms with Crippen molar-refractivity contribution in [3.63, 3.8) is 0 Å². The van der Waals surface area contributed by atoms with E-state index in [1.807, 2.05) is 71.0 Å². The minimum absolute atomic E-state index is 0.0303. The van der Waals surface area contributed by atoms with Gasteiger partial charge in [-0.15, -0.1) is 0 Å². The summed E-state index contributed by atoms with van der Waals surface area (Å²) in [5, 5.41) is 8.48. The highest BCUT2D eigenvalue weighted by atomic mass is 19.1. The second kappa shape index (κ2) is 9.29. The third-order valence-electron chi connectivity index (χ3n) is 5.74. The molecule has 1 N–H and O–H groups in total. The Labute approximate surface area is 199 Å². The molecule has 0 fully saturated rings. The van der Waals surface area contributed by atoms with Crippen LogP contribution >= 0.6 is 0 Å². The number of benzene rings is 3. The first kappa shape index (κ1) is 23.5. The molecule has 0 aliphatic heterocycles. The number of halogens is 1. The van der Waals surface area contributed by atoms with E-state index >= 15 is 0 Å². The molecule has 176 valence electrons. The quantitative estimate of drug-likeness (QED) is 0.377. The van der Waals surface area contributed by atoms with Crippen LogP contribution in [0.5, 0.6) is 5.75 Å². The van der Waals surface area contributed by atoms with Crippen LogP contribution in [0.25, 0.3) is 16.6 Å². The zero-order valence-electron chi connectivity index (χ0n) is 20.2. The van der Waals surface area contributed by atoms with Gasteiger partial charge in [-0.05, 0) is 61.9 Å². The number of amides is 1. The summed E-state index contributed by atoms with van der Waals surface area (Å²) in [6, 6.07) is 19.9. The molecule has 1 aromatic heterocycles. The van der Waals surface area contributed by atoms with Crippen molar-refractivity contribution in [1.82, 2.24) is 15.1 Å². The molecule has 0 bridgehead atoms. The SMILES string of the molecule is Cc1cccc([C@H](Oc2ccc3c(cnn3-c3ccc(F)cc3)c2)[C@H](C)NC(=O)C(C)(C)C)c1. The number of fused-ring (bicyclic) bond motifs is 1. The standard InChI is InChI=1S/C28H30FN3O2/c1-18-7-6-8-20(15-18)26(19(2)31-27(33)28(3,4)5)34-24-13-14-25-21(16-24)17-30-32(25)23-11-9-22(29)10-12-23/h6-17,19,26H,1-5H3,(H,31,33)/t19-,26+/m0/s1. The number of carbonyl (C=O) groups is 1. The van der Waals surface area contributed by atoms with Crippen molar-refractivity contribution in [2.24, 2.45) is 5.41 Å². The fourth-order valence-electron chi connectivity index (χ4n) is 3.82. The Hall–Kier alpha value is -3.67.